The molecule has 0 fully saturated rings. The van der Waals surface area contributed by atoms with Gasteiger partial charge in [0.1, 0.15) is 5.82 Å². The Balaban J connectivity index is 2.93. The molecule has 0 bridgehead atoms. The molecule has 0 atom stereocenters. The smallest absolute Gasteiger partial charge is 0.195 e. The van der Waals surface area contributed by atoms with Gasteiger partial charge in [0.15, 0.2) is 4.77 Å². The highest BCUT2D eigenvalue weighted by Gasteiger charge is 2.21. The highest BCUT2D eigenvalue weighted by atomic mass is 32.1. The maximum Gasteiger partial charge on any atom is 0.195 e. The molecule has 5 heteroatoms. The molecule has 1 N–H and O–H groups in total. The van der Waals surface area contributed by atoms with Crippen molar-refractivity contribution in [2.24, 2.45) is 5.92 Å². The molecule has 0 aliphatic carbocycles. The fraction of sp³-hybridized carbons (Fsp3) is 0.818. The molecular formula is C11H21N3OS. The number of rotatable bonds is 5. The fourth-order valence-electron chi connectivity index (χ4n) is 1.49. The van der Waals surface area contributed by atoms with Crippen molar-refractivity contribution in [3.63, 3.8) is 0 Å². The summed E-state index contributed by atoms with van der Waals surface area (Å²) >= 11 is 5.22. The Morgan fingerprint density at radius 3 is 2.62 bits per heavy atom. The van der Waals surface area contributed by atoms with Crippen molar-refractivity contribution in [2.45, 2.75) is 46.3 Å². The maximum atomic E-state index is 5.41. The van der Waals surface area contributed by atoms with Gasteiger partial charge < -0.3 is 9.30 Å². The van der Waals surface area contributed by atoms with Gasteiger partial charge >= 0.3 is 0 Å². The van der Waals surface area contributed by atoms with E-state index < -0.39 is 0 Å². The molecule has 0 saturated carbocycles. The zero-order valence-electron chi connectivity index (χ0n) is 10.7. The highest BCUT2D eigenvalue weighted by Crippen LogP contribution is 2.15. The third kappa shape index (κ3) is 3.42. The molecule has 0 aliphatic rings. The second-order valence-corrected chi connectivity index (χ2v) is 5.48. The molecule has 0 spiro atoms. The summed E-state index contributed by atoms with van der Waals surface area (Å²) in [4.78, 5) is 0. The van der Waals surface area contributed by atoms with E-state index in [2.05, 4.69) is 28.6 Å². The number of nitrogens with zero attached hydrogens (tertiary/aromatic N) is 2. The van der Waals surface area contributed by atoms with Crippen molar-refractivity contribution >= 4 is 12.2 Å². The van der Waals surface area contributed by atoms with Gasteiger partial charge in [-0.05, 0) is 32.0 Å². The van der Waals surface area contributed by atoms with E-state index in [1.54, 1.807) is 7.11 Å². The molecule has 1 aromatic rings. The van der Waals surface area contributed by atoms with E-state index in [1.165, 1.54) is 0 Å². The molecule has 92 valence electrons. The average molecular weight is 243 g/mol. The summed E-state index contributed by atoms with van der Waals surface area (Å²) in [5, 5.41) is 7.12. The Morgan fingerprint density at radius 2 is 2.12 bits per heavy atom. The van der Waals surface area contributed by atoms with Gasteiger partial charge in [-0.2, -0.15) is 5.10 Å². The summed E-state index contributed by atoms with van der Waals surface area (Å²) < 4.78 is 8.16. The standard InChI is InChI=1S/C11H21N3OS/c1-8(2)7-14-9(12-13-10(14)16)6-11(3,4)15-5/h8H,6-7H2,1-5H3,(H,13,16). The lowest BCUT2D eigenvalue weighted by Gasteiger charge is -2.22. The minimum Gasteiger partial charge on any atom is -0.378 e. The number of hydrogen-bond acceptors (Lipinski definition) is 3. The molecule has 0 aliphatic heterocycles. The van der Waals surface area contributed by atoms with Gasteiger partial charge in [0.05, 0.1) is 5.60 Å². The predicted octanol–water partition coefficient (Wildman–Crippen LogP) is 2.56. The summed E-state index contributed by atoms with van der Waals surface area (Å²) in [6.45, 7) is 9.32. The van der Waals surface area contributed by atoms with Crippen LogP contribution in [0, 0.1) is 10.7 Å². The molecule has 4 nitrogen and oxygen atoms in total. The van der Waals surface area contributed by atoms with Crippen molar-refractivity contribution in [3.8, 4) is 0 Å². The van der Waals surface area contributed by atoms with Crippen LogP contribution in [-0.2, 0) is 17.7 Å². The van der Waals surface area contributed by atoms with Gasteiger partial charge in [0, 0.05) is 20.1 Å². The van der Waals surface area contributed by atoms with Crippen molar-refractivity contribution in [1.29, 1.82) is 0 Å². The molecule has 0 unspecified atom stereocenters. The van der Waals surface area contributed by atoms with E-state index >= 15 is 0 Å². The Morgan fingerprint density at radius 1 is 1.50 bits per heavy atom. The molecule has 0 aromatic carbocycles. The lowest BCUT2D eigenvalue weighted by atomic mass is 10.0. The third-order valence-corrected chi connectivity index (χ3v) is 2.83. The van der Waals surface area contributed by atoms with Gasteiger partial charge in [-0.3, -0.25) is 5.10 Å². The maximum absolute atomic E-state index is 5.41. The first kappa shape index (κ1) is 13.4. The first-order valence-corrected chi connectivity index (χ1v) is 5.96. The first-order valence-electron chi connectivity index (χ1n) is 5.55. The van der Waals surface area contributed by atoms with Crippen LogP contribution in [-0.4, -0.2) is 27.5 Å². The van der Waals surface area contributed by atoms with Crippen LogP contribution in [0.25, 0.3) is 0 Å². The van der Waals surface area contributed by atoms with Crippen LogP contribution in [0.4, 0.5) is 0 Å². The van der Waals surface area contributed by atoms with E-state index in [9.17, 15) is 0 Å². The fourth-order valence-corrected chi connectivity index (χ4v) is 1.72. The Bertz CT molecular complexity index is 392. The minimum absolute atomic E-state index is 0.213. The monoisotopic (exact) mass is 243 g/mol. The van der Waals surface area contributed by atoms with E-state index in [4.69, 9.17) is 17.0 Å². The number of methoxy groups -OCH3 is 1. The van der Waals surface area contributed by atoms with Crippen LogP contribution in [0.1, 0.15) is 33.5 Å². The van der Waals surface area contributed by atoms with Crippen LogP contribution in [0.3, 0.4) is 0 Å². The molecule has 1 rings (SSSR count). The molecule has 0 amide bonds. The molecule has 16 heavy (non-hydrogen) atoms. The average Bonchev–Trinajstić information content (AvgIpc) is 2.49. The SMILES string of the molecule is COC(C)(C)Cc1n[nH]c(=S)n1CC(C)C. The summed E-state index contributed by atoms with van der Waals surface area (Å²) in [5.74, 6) is 1.51. The second-order valence-electron chi connectivity index (χ2n) is 5.09. The topological polar surface area (TPSA) is 42.8 Å². The summed E-state index contributed by atoms with van der Waals surface area (Å²) in [7, 11) is 1.72. The number of hydrogen-bond donors (Lipinski definition) is 1. The van der Waals surface area contributed by atoms with E-state index in [1.807, 2.05) is 13.8 Å². The summed E-state index contributed by atoms with van der Waals surface area (Å²) in [6, 6.07) is 0. The molecule has 0 saturated heterocycles. The van der Waals surface area contributed by atoms with Crippen molar-refractivity contribution in [2.75, 3.05) is 7.11 Å². The van der Waals surface area contributed by atoms with Gasteiger partial charge in [0.25, 0.3) is 0 Å². The quantitative estimate of drug-likeness (QED) is 0.808. The van der Waals surface area contributed by atoms with Crippen LogP contribution >= 0.6 is 12.2 Å². The molecular weight excluding hydrogens is 222 g/mol. The van der Waals surface area contributed by atoms with Crippen LogP contribution < -0.4 is 0 Å². The third-order valence-electron chi connectivity index (χ3n) is 2.52. The normalized spacial score (nSPS) is 12.4. The zero-order valence-corrected chi connectivity index (χ0v) is 11.5. The van der Waals surface area contributed by atoms with Crippen LogP contribution in [0.5, 0.6) is 0 Å². The zero-order chi connectivity index (χ0) is 12.3. The van der Waals surface area contributed by atoms with Gasteiger partial charge in [-0.1, -0.05) is 13.8 Å². The van der Waals surface area contributed by atoms with Gasteiger partial charge in [-0.25, -0.2) is 0 Å². The van der Waals surface area contributed by atoms with Crippen molar-refractivity contribution < 1.29 is 4.74 Å². The number of nitrogens with one attached hydrogen (secondary N) is 1. The Hall–Kier alpha value is -0.680. The van der Waals surface area contributed by atoms with Crippen molar-refractivity contribution in [3.05, 3.63) is 10.6 Å². The largest absolute Gasteiger partial charge is 0.378 e. The number of ether oxygens (including phenoxy) is 1. The molecule has 0 radical (unpaired) electrons. The second kappa shape index (κ2) is 5.10. The number of aromatic nitrogens is 3. The lowest BCUT2D eigenvalue weighted by Crippen LogP contribution is -2.27. The van der Waals surface area contributed by atoms with E-state index in [0.29, 0.717) is 10.7 Å². The van der Waals surface area contributed by atoms with E-state index in [0.717, 1.165) is 18.8 Å². The highest BCUT2D eigenvalue weighted by molar-refractivity contribution is 7.71. The van der Waals surface area contributed by atoms with Gasteiger partial charge in [-0.15, -0.1) is 0 Å². The predicted molar refractivity (Wildman–Crippen MR) is 67.0 cm³/mol. The molecule has 1 heterocycles. The number of aromatic amines is 1. The van der Waals surface area contributed by atoms with E-state index in [-0.39, 0.29) is 5.60 Å². The summed E-state index contributed by atoms with van der Waals surface area (Å²) in [5.41, 5.74) is -0.213. The Labute approximate surface area is 102 Å². The first-order chi connectivity index (χ1) is 7.35. The summed E-state index contributed by atoms with van der Waals surface area (Å²) in [6.07, 6.45) is 0.753. The van der Waals surface area contributed by atoms with Crippen LogP contribution in [0.2, 0.25) is 0 Å². The minimum atomic E-state index is -0.213. The lowest BCUT2D eigenvalue weighted by molar-refractivity contribution is 0.0207. The molecule has 1 aromatic heterocycles. The van der Waals surface area contributed by atoms with Gasteiger partial charge in [0.2, 0.25) is 0 Å². The Kier molecular flexibility index (Phi) is 4.27. The number of H-pyrrole nitrogens is 1. The van der Waals surface area contributed by atoms with Crippen molar-refractivity contribution in [1.82, 2.24) is 14.8 Å². The van der Waals surface area contributed by atoms with Crippen LogP contribution in [0.15, 0.2) is 0 Å².